The van der Waals surface area contributed by atoms with E-state index < -0.39 is 0 Å². The van der Waals surface area contributed by atoms with E-state index in [1.54, 1.807) is 48.5 Å². The second kappa shape index (κ2) is 11.4. The maximum absolute atomic E-state index is 14.1. The number of hydrogen-bond acceptors (Lipinski definition) is 5. The zero-order chi connectivity index (χ0) is 24.8. The third-order valence-electron chi connectivity index (χ3n) is 5.64. The second-order valence-corrected chi connectivity index (χ2v) is 8.77. The van der Waals surface area contributed by atoms with Crippen molar-refractivity contribution in [2.24, 2.45) is 0 Å². The summed E-state index contributed by atoms with van der Waals surface area (Å²) in [6.45, 7) is 2.50. The normalized spacial score (nSPS) is 13.3. The molecule has 1 heterocycles. The van der Waals surface area contributed by atoms with Crippen LogP contribution in [-0.4, -0.2) is 55.7 Å². The molecule has 9 heteroatoms. The van der Waals surface area contributed by atoms with Crippen LogP contribution in [0.1, 0.15) is 5.56 Å². The minimum absolute atomic E-state index is 0.190. The molecule has 3 aromatic rings. The summed E-state index contributed by atoms with van der Waals surface area (Å²) in [5, 5.41) is 3.27. The largest absolute Gasteiger partial charge is 0.493 e. The Kier molecular flexibility index (Phi) is 8.05. The highest BCUT2D eigenvalue weighted by Gasteiger charge is 2.22. The highest BCUT2D eigenvalue weighted by atomic mass is 35.5. The lowest BCUT2D eigenvalue weighted by atomic mass is 10.1. The Morgan fingerprint density at radius 2 is 1.80 bits per heavy atom. The predicted molar refractivity (Wildman–Crippen MR) is 140 cm³/mol. The number of halogens is 2. The number of para-hydroxylation sites is 1. The monoisotopic (exact) mass is 513 g/mol. The molecule has 0 aromatic heterocycles. The van der Waals surface area contributed by atoms with E-state index in [1.165, 1.54) is 13.2 Å². The maximum Gasteiger partial charge on any atom is 0.262 e. The SMILES string of the molecule is COc1cc(C(=S)N2CCN(c3ccccc3F)CC2)ccc1OCC(=O)Nc1cccc(Cl)c1. The van der Waals surface area contributed by atoms with Gasteiger partial charge in [-0.25, -0.2) is 4.39 Å². The van der Waals surface area contributed by atoms with Gasteiger partial charge in [-0.1, -0.05) is 42.0 Å². The number of nitrogens with zero attached hydrogens (tertiary/aromatic N) is 2. The molecule has 0 saturated carbocycles. The summed E-state index contributed by atoms with van der Waals surface area (Å²) in [5.74, 6) is 0.377. The quantitative estimate of drug-likeness (QED) is 0.449. The molecule has 1 amide bonds. The van der Waals surface area contributed by atoms with Gasteiger partial charge in [-0.15, -0.1) is 0 Å². The molecule has 3 aromatic carbocycles. The molecule has 0 spiro atoms. The molecule has 1 saturated heterocycles. The van der Waals surface area contributed by atoms with E-state index in [0.717, 1.165) is 5.56 Å². The Morgan fingerprint density at radius 1 is 1.03 bits per heavy atom. The number of carbonyl (C=O) groups is 1. The van der Waals surface area contributed by atoms with Crippen molar-refractivity contribution in [2.45, 2.75) is 0 Å². The van der Waals surface area contributed by atoms with Crippen LogP contribution in [-0.2, 0) is 4.79 Å². The van der Waals surface area contributed by atoms with Crippen LogP contribution in [0, 0.1) is 5.82 Å². The van der Waals surface area contributed by atoms with Gasteiger partial charge in [0.1, 0.15) is 10.8 Å². The van der Waals surface area contributed by atoms with Gasteiger partial charge >= 0.3 is 0 Å². The lowest BCUT2D eigenvalue weighted by molar-refractivity contribution is -0.118. The molecular formula is C26H25ClFN3O3S. The zero-order valence-electron chi connectivity index (χ0n) is 19.2. The first-order chi connectivity index (χ1) is 16.9. The third kappa shape index (κ3) is 6.21. The smallest absolute Gasteiger partial charge is 0.262 e. The van der Waals surface area contributed by atoms with Crippen molar-refractivity contribution >= 4 is 46.1 Å². The number of nitrogens with one attached hydrogen (secondary N) is 1. The van der Waals surface area contributed by atoms with E-state index in [-0.39, 0.29) is 18.3 Å². The van der Waals surface area contributed by atoms with E-state index in [2.05, 4.69) is 10.2 Å². The summed E-state index contributed by atoms with van der Waals surface area (Å²) in [6.07, 6.45) is 0. The Morgan fingerprint density at radius 3 is 2.51 bits per heavy atom. The van der Waals surface area contributed by atoms with Crippen molar-refractivity contribution in [3.05, 3.63) is 83.1 Å². The number of carbonyl (C=O) groups excluding carboxylic acids is 1. The van der Waals surface area contributed by atoms with Crippen LogP contribution in [0.2, 0.25) is 5.02 Å². The first kappa shape index (κ1) is 24.8. The fourth-order valence-electron chi connectivity index (χ4n) is 3.87. The number of thiocarbonyl (C=S) groups is 1. The maximum atomic E-state index is 14.1. The minimum atomic E-state index is -0.318. The van der Waals surface area contributed by atoms with Crippen LogP contribution in [0.3, 0.4) is 0 Å². The van der Waals surface area contributed by atoms with E-state index in [9.17, 15) is 9.18 Å². The van der Waals surface area contributed by atoms with Crippen LogP contribution in [0.15, 0.2) is 66.7 Å². The Balaban J connectivity index is 1.35. The Bertz CT molecular complexity index is 1220. The number of methoxy groups -OCH3 is 1. The topological polar surface area (TPSA) is 54.0 Å². The Hall–Kier alpha value is -3.36. The fraction of sp³-hybridized carbons (Fsp3) is 0.231. The van der Waals surface area contributed by atoms with Crippen molar-refractivity contribution in [1.82, 2.24) is 4.90 Å². The van der Waals surface area contributed by atoms with E-state index >= 15 is 0 Å². The summed E-state index contributed by atoms with van der Waals surface area (Å²) < 4.78 is 25.3. The van der Waals surface area contributed by atoms with Crippen molar-refractivity contribution in [3.8, 4) is 11.5 Å². The lowest BCUT2D eigenvalue weighted by Gasteiger charge is -2.37. The molecular weight excluding hydrogens is 489 g/mol. The molecule has 4 rings (SSSR count). The van der Waals surface area contributed by atoms with Gasteiger partial charge in [0.2, 0.25) is 0 Å². The summed E-state index contributed by atoms with van der Waals surface area (Å²) in [5.41, 5.74) is 2.02. The van der Waals surface area contributed by atoms with Crippen LogP contribution in [0.5, 0.6) is 11.5 Å². The average Bonchev–Trinajstić information content (AvgIpc) is 2.87. The van der Waals surface area contributed by atoms with Gasteiger partial charge in [0.25, 0.3) is 5.91 Å². The van der Waals surface area contributed by atoms with Gasteiger partial charge in [0, 0.05) is 42.5 Å². The Labute approximate surface area is 214 Å². The van der Waals surface area contributed by atoms with Crippen LogP contribution >= 0.6 is 23.8 Å². The lowest BCUT2D eigenvalue weighted by Crippen LogP contribution is -2.48. The standard InChI is InChI=1S/C26H25ClFN3O3S/c1-33-24-15-18(9-10-23(24)34-17-25(32)29-20-6-4-5-19(27)16-20)26(35)31-13-11-30(12-14-31)22-8-3-2-7-21(22)28/h2-10,15-16H,11-14,17H2,1H3,(H,29,32). The number of ether oxygens (including phenoxy) is 2. The van der Waals surface area contributed by atoms with Gasteiger partial charge in [-0.3, -0.25) is 4.79 Å². The molecule has 0 unspecified atom stereocenters. The molecule has 0 atom stereocenters. The minimum Gasteiger partial charge on any atom is -0.493 e. The van der Waals surface area contributed by atoms with Gasteiger partial charge in [0.05, 0.1) is 12.8 Å². The van der Waals surface area contributed by atoms with Crippen LogP contribution in [0.4, 0.5) is 15.8 Å². The summed E-state index contributed by atoms with van der Waals surface area (Å²) in [7, 11) is 1.54. The van der Waals surface area contributed by atoms with Gasteiger partial charge in [0.15, 0.2) is 18.1 Å². The first-order valence-electron chi connectivity index (χ1n) is 11.1. The molecule has 1 N–H and O–H groups in total. The third-order valence-corrected chi connectivity index (χ3v) is 6.37. The number of amides is 1. The van der Waals surface area contributed by atoms with Crippen LogP contribution in [0.25, 0.3) is 0 Å². The van der Waals surface area contributed by atoms with Crippen molar-refractivity contribution in [1.29, 1.82) is 0 Å². The van der Waals surface area contributed by atoms with E-state index in [4.69, 9.17) is 33.3 Å². The number of anilines is 2. The van der Waals surface area contributed by atoms with E-state index in [0.29, 0.717) is 59.1 Å². The molecule has 1 fully saturated rings. The molecule has 0 radical (unpaired) electrons. The summed E-state index contributed by atoms with van der Waals surface area (Å²) in [4.78, 5) is 17.1. The molecule has 182 valence electrons. The van der Waals surface area contributed by atoms with Gasteiger partial charge in [-0.2, -0.15) is 0 Å². The highest BCUT2D eigenvalue weighted by molar-refractivity contribution is 7.80. The van der Waals surface area contributed by atoms with E-state index in [1.807, 2.05) is 17.0 Å². The van der Waals surface area contributed by atoms with Crippen LogP contribution < -0.4 is 19.7 Å². The molecule has 6 nitrogen and oxygen atoms in total. The first-order valence-corrected chi connectivity index (χ1v) is 11.9. The summed E-state index contributed by atoms with van der Waals surface area (Å²) >= 11 is 11.7. The molecule has 0 aliphatic carbocycles. The molecule has 1 aliphatic rings. The number of hydrogen-bond donors (Lipinski definition) is 1. The number of piperazine rings is 1. The zero-order valence-corrected chi connectivity index (χ0v) is 20.7. The fourth-order valence-corrected chi connectivity index (χ4v) is 4.37. The molecule has 35 heavy (non-hydrogen) atoms. The number of benzene rings is 3. The van der Waals surface area contributed by atoms with Crippen molar-refractivity contribution < 1.29 is 18.7 Å². The summed E-state index contributed by atoms with van der Waals surface area (Å²) in [6, 6.07) is 19.1. The van der Waals surface area contributed by atoms with Gasteiger partial charge < -0.3 is 24.6 Å². The predicted octanol–water partition coefficient (Wildman–Crippen LogP) is 5.00. The van der Waals surface area contributed by atoms with Crippen molar-refractivity contribution in [2.75, 3.05) is 50.1 Å². The average molecular weight is 514 g/mol. The van der Waals surface area contributed by atoms with Crippen molar-refractivity contribution in [3.63, 3.8) is 0 Å². The van der Waals surface area contributed by atoms with Gasteiger partial charge in [-0.05, 0) is 48.5 Å². The highest BCUT2D eigenvalue weighted by Crippen LogP contribution is 2.29. The molecule has 0 bridgehead atoms. The second-order valence-electron chi connectivity index (χ2n) is 7.94. The number of rotatable bonds is 7. The molecule has 1 aliphatic heterocycles.